The Morgan fingerprint density at radius 3 is 2.81 bits per heavy atom. The van der Waals surface area contributed by atoms with Gasteiger partial charge in [0.2, 0.25) is 0 Å². The molecular formula is C19H19ClN2O5. The number of pyridine rings is 1. The van der Waals surface area contributed by atoms with E-state index < -0.39 is 24.2 Å². The van der Waals surface area contributed by atoms with E-state index in [1.807, 2.05) is 6.07 Å². The Morgan fingerprint density at radius 1 is 1.33 bits per heavy atom. The molecule has 2 atom stereocenters. The third kappa shape index (κ3) is 4.14. The van der Waals surface area contributed by atoms with Gasteiger partial charge in [0.05, 0.1) is 24.9 Å². The second-order valence-electron chi connectivity index (χ2n) is 6.21. The van der Waals surface area contributed by atoms with E-state index in [1.165, 1.54) is 12.0 Å². The summed E-state index contributed by atoms with van der Waals surface area (Å²) >= 11 is 6.01. The van der Waals surface area contributed by atoms with Crippen molar-refractivity contribution < 1.29 is 23.8 Å². The van der Waals surface area contributed by atoms with Crippen LogP contribution >= 0.6 is 11.6 Å². The minimum Gasteiger partial charge on any atom is -0.488 e. The Hall–Kier alpha value is -2.80. The lowest BCUT2D eigenvalue weighted by atomic mass is 10.2. The van der Waals surface area contributed by atoms with Gasteiger partial charge in [0.15, 0.2) is 0 Å². The van der Waals surface area contributed by atoms with E-state index in [0.29, 0.717) is 16.3 Å². The number of amides is 1. The number of halogens is 1. The Kier molecular flexibility index (Phi) is 5.51. The van der Waals surface area contributed by atoms with Crippen molar-refractivity contribution in [3.63, 3.8) is 0 Å². The molecular weight excluding hydrogens is 372 g/mol. The molecule has 1 aliphatic rings. The molecule has 0 unspecified atom stereocenters. The summed E-state index contributed by atoms with van der Waals surface area (Å²) in [6.45, 7) is 5.29. The predicted octanol–water partition coefficient (Wildman–Crippen LogP) is 3.55. The van der Waals surface area contributed by atoms with Crippen molar-refractivity contribution in [1.29, 1.82) is 0 Å². The predicted molar refractivity (Wildman–Crippen MR) is 99.6 cm³/mol. The first-order chi connectivity index (χ1) is 12.9. The molecule has 27 heavy (non-hydrogen) atoms. The Labute approximate surface area is 161 Å². The third-order valence-electron chi connectivity index (χ3n) is 4.19. The molecule has 1 amide bonds. The Balaban J connectivity index is 1.83. The van der Waals surface area contributed by atoms with Gasteiger partial charge in [0, 0.05) is 23.0 Å². The van der Waals surface area contributed by atoms with E-state index in [1.54, 1.807) is 31.3 Å². The lowest BCUT2D eigenvalue weighted by Gasteiger charge is -2.21. The average molecular weight is 391 g/mol. The minimum absolute atomic E-state index is 0.184. The quantitative estimate of drug-likeness (QED) is 0.586. The van der Waals surface area contributed by atoms with Gasteiger partial charge in [-0.3, -0.25) is 9.88 Å². The van der Waals surface area contributed by atoms with Gasteiger partial charge in [-0.2, -0.15) is 0 Å². The molecule has 1 aliphatic heterocycles. The molecule has 1 saturated heterocycles. The standard InChI is InChI=1S/C19H19ClN2O5/c1-11(2)26-19(24)22-10-13(9-16(22)18(23)25-3)27-17-6-7-21-15-8-12(20)4-5-14(15)17/h4-8,13,16H,1,9-10H2,2-3H3/t13-,16+/m1/s1. The SMILES string of the molecule is C=C(C)OC(=O)N1C[C@H](Oc2ccnc3cc(Cl)ccc23)C[C@H]1C(=O)OC. The Bertz CT molecular complexity index is 901. The first kappa shape index (κ1) is 19.0. The van der Waals surface area contributed by atoms with Crippen molar-refractivity contribution in [1.82, 2.24) is 9.88 Å². The summed E-state index contributed by atoms with van der Waals surface area (Å²) in [5, 5.41) is 1.37. The molecule has 1 aromatic carbocycles. The maximum absolute atomic E-state index is 12.3. The molecule has 0 spiro atoms. The summed E-state index contributed by atoms with van der Waals surface area (Å²) in [7, 11) is 1.28. The van der Waals surface area contributed by atoms with E-state index in [4.69, 9.17) is 25.8 Å². The van der Waals surface area contributed by atoms with Crippen molar-refractivity contribution in [2.45, 2.75) is 25.5 Å². The number of aromatic nitrogens is 1. The zero-order chi connectivity index (χ0) is 19.6. The second-order valence-corrected chi connectivity index (χ2v) is 6.64. The van der Waals surface area contributed by atoms with E-state index in [0.717, 1.165) is 5.39 Å². The number of methoxy groups -OCH3 is 1. The first-order valence-corrected chi connectivity index (χ1v) is 8.69. The summed E-state index contributed by atoms with van der Waals surface area (Å²) in [6.07, 6.45) is 0.840. The van der Waals surface area contributed by atoms with Crippen molar-refractivity contribution in [3.8, 4) is 5.75 Å². The number of carbonyl (C=O) groups is 2. The van der Waals surface area contributed by atoms with E-state index >= 15 is 0 Å². The number of allylic oxidation sites excluding steroid dienone is 1. The number of carbonyl (C=O) groups excluding carboxylic acids is 2. The van der Waals surface area contributed by atoms with Crippen LogP contribution < -0.4 is 4.74 Å². The fraction of sp³-hybridized carbons (Fsp3) is 0.316. The zero-order valence-electron chi connectivity index (χ0n) is 15.0. The largest absolute Gasteiger partial charge is 0.488 e. The van der Waals surface area contributed by atoms with Crippen LogP contribution in [0.15, 0.2) is 42.8 Å². The maximum atomic E-state index is 12.3. The van der Waals surface area contributed by atoms with Crippen LogP contribution in [0.3, 0.4) is 0 Å². The van der Waals surface area contributed by atoms with Crippen molar-refractivity contribution >= 4 is 34.6 Å². The molecule has 0 N–H and O–H groups in total. The van der Waals surface area contributed by atoms with Gasteiger partial charge in [0.25, 0.3) is 0 Å². The highest BCUT2D eigenvalue weighted by Gasteiger charge is 2.42. The third-order valence-corrected chi connectivity index (χ3v) is 4.43. The fourth-order valence-corrected chi connectivity index (χ4v) is 3.20. The number of benzene rings is 1. The molecule has 1 aromatic heterocycles. The Morgan fingerprint density at radius 2 is 2.11 bits per heavy atom. The average Bonchev–Trinajstić information content (AvgIpc) is 3.04. The van der Waals surface area contributed by atoms with Crippen LogP contribution in [0.2, 0.25) is 5.02 Å². The lowest BCUT2D eigenvalue weighted by molar-refractivity contribution is -0.145. The number of hydrogen-bond donors (Lipinski definition) is 0. The van der Waals surface area contributed by atoms with Crippen LogP contribution in [-0.4, -0.2) is 47.7 Å². The van der Waals surface area contributed by atoms with Crippen LogP contribution in [0, 0.1) is 0 Å². The highest BCUT2D eigenvalue weighted by molar-refractivity contribution is 6.31. The number of likely N-dealkylation sites (tertiary alicyclic amines) is 1. The molecule has 8 heteroatoms. The van der Waals surface area contributed by atoms with Crippen molar-refractivity contribution in [2.75, 3.05) is 13.7 Å². The van der Waals surface area contributed by atoms with Gasteiger partial charge in [-0.25, -0.2) is 9.59 Å². The molecule has 0 aliphatic carbocycles. The van der Waals surface area contributed by atoms with Gasteiger partial charge >= 0.3 is 12.1 Å². The lowest BCUT2D eigenvalue weighted by Crippen LogP contribution is -2.41. The minimum atomic E-state index is -0.783. The first-order valence-electron chi connectivity index (χ1n) is 8.31. The molecule has 2 heterocycles. The van der Waals surface area contributed by atoms with Crippen molar-refractivity contribution in [3.05, 3.63) is 47.8 Å². The molecule has 142 valence electrons. The molecule has 0 radical (unpaired) electrons. The molecule has 3 rings (SSSR count). The summed E-state index contributed by atoms with van der Waals surface area (Å²) in [4.78, 5) is 30.0. The summed E-state index contributed by atoms with van der Waals surface area (Å²) in [6, 6.07) is 6.26. The number of ether oxygens (including phenoxy) is 3. The number of fused-ring (bicyclic) bond motifs is 1. The zero-order valence-corrected chi connectivity index (χ0v) is 15.7. The fourth-order valence-electron chi connectivity index (χ4n) is 3.03. The molecule has 0 bridgehead atoms. The summed E-state index contributed by atoms with van der Waals surface area (Å²) < 4.78 is 15.9. The summed E-state index contributed by atoms with van der Waals surface area (Å²) in [5.41, 5.74) is 0.695. The normalized spacial score (nSPS) is 19.0. The van der Waals surface area contributed by atoms with E-state index in [-0.39, 0.29) is 18.7 Å². The second kappa shape index (κ2) is 7.84. The van der Waals surface area contributed by atoms with Gasteiger partial charge < -0.3 is 14.2 Å². The monoisotopic (exact) mass is 390 g/mol. The maximum Gasteiger partial charge on any atom is 0.415 e. The smallest absolute Gasteiger partial charge is 0.415 e. The highest BCUT2D eigenvalue weighted by Crippen LogP contribution is 2.30. The van der Waals surface area contributed by atoms with Crippen LogP contribution in [-0.2, 0) is 14.3 Å². The number of hydrogen-bond acceptors (Lipinski definition) is 6. The molecule has 1 fully saturated rings. The van der Waals surface area contributed by atoms with Gasteiger partial charge in [-0.05, 0) is 31.2 Å². The van der Waals surface area contributed by atoms with Crippen molar-refractivity contribution in [2.24, 2.45) is 0 Å². The van der Waals surface area contributed by atoms with Gasteiger partial charge in [0.1, 0.15) is 17.9 Å². The van der Waals surface area contributed by atoms with E-state index in [2.05, 4.69) is 11.6 Å². The van der Waals surface area contributed by atoms with Crippen LogP contribution in [0.4, 0.5) is 4.79 Å². The van der Waals surface area contributed by atoms with Gasteiger partial charge in [-0.1, -0.05) is 18.2 Å². The molecule has 2 aromatic rings. The van der Waals surface area contributed by atoms with Crippen LogP contribution in [0.5, 0.6) is 5.75 Å². The van der Waals surface area contributed by atoms with E-state index in [9.17, 15) is 9.59 Å². The summed E-state index contributed by atoms with van der Waals surface area (Å²) in [5.74, 6) is 0.316. The highest BCUT2D eigenvalue weighted by atomic mass is 35.5. The number of rotatable bonds is 4. The molecule has 0 saturated carbocycles. The molecule has 7 nitrogen and oxygen atoms in total. The van der Waals surface area contributed by atoms with Crippen LogP contribution in [0.1, 0.15) is 13.3 Å². The van der Waals surface area contributed by atoms with Crippen LogP contribution in [0.25, 0.3) is 10.9 Å². The van der Waals surface area contributed by atoms with Gasteiger partial charge in [-0.15, -0.1) is 0 Å². The topological polar surface area (TPSA) is 78.0 Å². The number of nitrogens with zero attached hydrogens (tertiary/aromatic N) is 2. The number of esters is 1.